The molecule has 0 unspecified atom stereocenters. The zero-order chi connectivity index (χ0) is 13.0. The molecule has 0 radical (unpaired) electrons. The van der Waals surface area contributed by atoms with E-state index in [9.17, 15) is 10.1 Å². The molecule has 18 heavy (non-hydrogen) atoms. The number of aromatic amines is 1. The van der Waals surface area contributed by atoms with Crippen LogP contribution in [0.5, 0.6) is 0 Å². The number of anilines is 1. The fraction of sp³-hybridized carbons (Fsp3) is 0.250. The highest BCUT2D eigenvalue weighted by atomic mass is 16.6. The molecule has 6 nitrogen and oxygen atoms in total. The number of non-ortho nitro benzene ring substituents is 1. The van der Waals surface area contributed by atoms with E-state index in [1.54, 1.807) is 13.0 Å². The van der Waals surface area contributed by atoms with E-state index < -0.39 is 4.92 Å². The average molecular weight is 244 g/mol. The Bertz CT molecular complexity index is 636. The number of rotatable bonds is 4. The first-order valence-electron chi connectivity index (χ1n) is 5.48. The zero-order valence-electron chi connectivity index (χ0n) is 9.86. The molecule has 2 aromatic rings. The van der Waals surface area contributed by atoms with Gasteiger partial charge in [0, 0.05) is 25.1 Å². The van der Waals surface area contributed by atoms with Gasteiger partial charge in [-0.25, -0.2) is 4.98 Å². The third-order valence-electron chi connectivity index (χ3n) is 2.40. The molecule has 0 fully saturated rings. The maximum Gasteiger partial charge on any atom is 0.271 e. The van der Waals surface area contributed by atoms with Crippen LogP contribution in [0.25, 0.3) is 11.0 Å². The summed E-state index contributed by atoms with van der Waals surface area (Å²) in [5, 5.41) is 13.7. The standard InChI is InChI=1S/C12H12N4O2/c1-2-3-4-7-13-12-14-10-6-5-9(16(17)18)8-11(10)15-12/h5-6,8H,4,7H2,1H3,(H2,13,14,15). The second kappa shape index (κ2) is 5.19. The Morgan fingerprint density at radius 1 is 1.56 bits per heavy atom. The van der Waals surface area contributed by atoms with E-state index in [1.807, 2.05) is 0 Å². The maximum absolute atomic E-state index is 10.6. The van der Waals surface area contributed by atoms with Crippen LogP contribution in [0.15, 0.2) is 18.2 Å². The van der Waals surface area contributed by atoms with Crippen molar-refractivity contribution in [1.82, 2.24) is 9.97 Å². The number of nitro groups is 1. The number of hydrogen-bond donors (Lipinski definition) is 2. The van der Waals surface area contributed by atoms with Gasteiger partial charge in [-0.2, -0.15) is 0 Å². The van der Waals surface area contributed by atoms with Crippen molar-refractivity contribution < 1.29 is 4.92 Å². The quantitative estimate of drug-likeness (QED) is 0.374. The van der Waals surface area contributed by atoms with Crippen LogP contribution in [0.4, 0.5) is 11.6 Å². The summed E-state index contributed by atoms with van der Waals surface area (Å²) in [5.74, 6) is 6.34. The third kappa shape index (κ3) is 2.58. The number of aromatic nitrogens is 2. The zero-order valence-corrected chi connectivity index (χ0v) is 9.86. The largest absolute Gasteiger partial charge is 0.355 e. The first kappa shape index (κ1) is 11.9. The molecule has 2 rings (SSSR count). The molecule has 1 aromatic heterocycles. The van der Waals surface area contributed by atoms with Crippen molar-refractivity contribution in [3.63, 3.8) is 0 Å². The summed E-state index contributed by atoms with van der Waals surface area (Å²) in [5.41, 5.74) is 1.40. The molecule has 0 spiro atoms. The number of nitro benzene ring substituents is 1. The fourth-order valence-corrected chi connectivity index (χ4v) is 1.56. The molecule has 0 aliphatic heterocycles. The molecule has 0 bridgehead atoms. The topological polar surface area (TPSA) is 83.8 Å². The van der Waals surface area contributed by atoms with Crippen molar-refractivity contribution in [2.75, 3.05) is 11.9 Å². The van der Waals surface area contributed by atoms with Gasteiger partial charge >= 0.3 is 0 Å². The van der Waals surface area contributed by atoms with Gasteiger partial charge in [-0.1, -0.05) is 0 Å². The van der Waals surface area contributed by atoms with Crippen LogP contribution < -0.4 is 5.32 Å². The third-order valence-corrected chi connectivity index (χ3v) is 2.40. The Morgan fingerprint density at radius 2 is 2.39 bits per heavy atom. The Hall–Kier alpha value is -2.55. The minimum Gasteiger partial charge on any atom is -0.355 e. The highest BCUT2D eigenvalue weighted by Gasteiger charge is 2.08. The van der Waals surface area contributed by atoms with Crippen molar-refractivity contribution in [1.29, 1.82) is 0 Å². The molecule has 0 saturated heterocycles. The lowest BCUT2D eigenvalue weighted by molar-refractivity contribution is -0.384. The highest BCUT2D eigenvalue weighted by molar-refractivity contribution is 5.79. The SMILES string of the molecule is CC#CCCNc1nc2ccc([N+](=O)[O-])cc2[nH]1. The predicted octanol–water partition coefficient (Wildman–Crippen LogP) is 2.30. The summed E-state index contributed by atoms with van der Waals surface area (Å²) in [6.45, 7) is 2.48. The van der Waals surface area contributed by atoms with Crippen LogP contribution in [0.1, 0.15) is 13.3 Å². The van der Waals surface area contributed by atoms with Gasteiger partial charge in [0.2, 0.25) is 5.95 Å². The van der Waals surface area contributed by atoms with Gasteiger partial charge in [0.25, 0.3) is 5.69 Å². The summed E-state index contributed by atoms with van der Waals surface area (Å²) in [6, 6.07) is 4.54. The second-order valence-corrected chi connectivity index (χ2v) is 3.65. The number of imidazole rings is 1. The Labute approximate surface area is 104 Å². The molecule has 6 heteroatoms. The number of fused-ring (bicyclic) bond motifs is 1. The van der Waals surface area contributed by atoms with E-state index in [-0.39, 0.29) is 5.69 Å². The number of nitrogens with one attached hydrogen (secondary N) is 2. The van der Waals surface area contributed by atoms with Crippen molar-refractivity contribution >= 4 is 22.7 Å². The van der Waals surface area contributed by atoms with Crippen molar-refractivity contribution in [2.45, 2.75) is 13.3 Å². The number of benzene rings is 1. The monoisotopic (exact) mass is 244 g/mol. The predicted molar refractivity (Wildman–Crippen MR) is 69.3 cm³/mol. The molecule has 2 N–H and O–H groups in total. The van der Waals surface area contributed by atoms with Crippen molar-refractivity contribution in [2.24, 2.45) is 0 Å². The van der Waals surface area contributed by atoms with Crippen LogP contribution in [-0.2, 0) is 0 Å². The van der Waals surface area contributed by atoms with Crippen LogP contribution >= 0.6 is 0 Å². The molecule has 1 heterocycles. The van der Waals surface area contributed by atoms with E-state index in [0.29, 0.717) is 23.5 Å². The molecule has 0 aliphatic rings. The van der Waals surface area contributed by atoms with E-state index in [0.717, 1.165) is 6.42 Å². The van der Waals surface area contributed by atoms with Crippen LogP contribution in [0, 0.1) is 22.0 Å². The van der Waals surface area contributed by atoms with Gasteiger partial charge in [0.1, 0.15) is 0 Å². The number of hydrogen-bond acceptors (Lipinski definition) is 4. The van der Waals surface area contributed by atoms with E-state index in [1.165, 1.54) is 12.1 Å². The Morgan fingerprint density at radius 3 is 3.11 bits per heavy atom. The molecule has 0 amide bonds. The van der Waals surface area contributed by atoms with Crippen LogP contribution in [-0.4, -0.2) is 21.4 Å². The first-order valence-corrected chi connectivity index (χ1v) is 5.48. The second-order valence-electron chi connectivity index (χ2n) is 3.65. The Kier molecular flexibility index (Phi) is 3.44. The summed E-state index contributed by atoms with van der Waals surface area (Å²) >= 11 is 0. The molecular formula is C12H12N4O2. The summed E-state index contributed by atoms with van der Waals surface area (Å²) in [4.78, 5) is 17.5. The van der Waals surface area contributed by atoms with Crippen molar-refractivity contribution in [3.05, 3.63) is 28.3 Å². The number of H-pyrrole nitrogens is 1. The molecular weight excluding hydrogens is 232 g/mol. The summed E-state index contributed by atoms with van der Waals surface area (Å²) < 4.78 is 0. The Balaban J connectivity index is 2.16. The maximum atomic E-state index is 10.6. The fourth-order valence-electron chi connectivity index (χ4n) is 1.56. The van der Waals surface area contributed by atoms with E-state index in [4.69, 9.17) is 0 Å². The summed E-state index contributed by atoms with van der Waals surface area (Å²) in [6.07, 6.45) is 0.730. The van der Waals surface area contributed by atoms with Gasteiger partial charge in [-0.15, -0.1) is 11.8 Å². The lowest BCUT2D eigenvalue weighted by Crippen LogP contribution is -2.01. The minimum atomic E-state index is -0.426. The normalized spacial score (nSPS) is 9.83. The minimum absolute atomic E-state index is 0.0505. The first-order chi connectivity index (χ1) is 8.70. The molecule has 1 aromatic carbocycles. The van der Waals surface area contributed by atoms with Gasteiger partial charge in [0.15, 0.2) is 0 Å². The molecule has 0 atom stereocenters. The van der Waals surface area contributed by atoms with Gasteiger partial charge < -0.3 is 10.3 Å². The smallest absolute Gasteiger partial charge is 0.271 e. The van der Waals surface area contributed by atoms with Gasteiger partial charge in [-0.05, 0) is 13.0 Å². The molecule has 92 valence electrons. The highest BCUT2D eigenvalue weighted by Crippen LogP contribution is 2.20. The van der Waals surface area contributed by atoms with Crippen LogP contribution in [0.2, 0.25) is 0 Å². The lowest BCUT2D eigenvalue weighted by Gasteiger charge is -1.96. The van der Waals surface area contributed by atoms with E-state index >= 15 is 0 Å². The van der Waals surface area contributed by atoms with Gasteiger partial charge in [-0.3, -0.25) is 10.1 Å². The van der Waals surface area contributed by atoms with Crippen LogP contribution in [0.3, 0.4) is 0 Å². The van der Waals surface area contributed by atoms with Gasteiger partial charge in [0.05, 0.1) is 16.0 Å². The van der Waals surface area contributed by atoms with Crippen molar-refractivity contribution in [3.8, 4) is 11.8 Å². The molecule has 0 aliphatic carbocycles. The molecule has 0 saturated carbocycles. The number of nitrogens with zero attached hydrogens (tertiary/aromatic N) is 2. The lowest BCUT2D eigenvalue weighted by atomic mass is 10.3. The average Bonchev–Trinajstić information content (AvgIpc) is 2.76. The summed E-state index contributed by atoms with van der Waals surface area (Å²) in [7, 11) is 0. The van der Waals surface area contributed by atoms with E-state index in [2.05, 4.69) is 27.1 Å².